The van der Waals surface area contributed by atoms with Crippen molar-refractivity contribution in [1.29, 1.82) is 0 Å². The van der Waals surface area contributed by atoms with Gasteiger partial charge in [-0.2, -0.15) is 0 Å². The first-order valence-corrected chi connectivity index (χ1v) is 7.02. The summed E-state index contributed by atoms with van der Waals surface area (Å²) in [5, 5.41) is 2.96. The average Bonchev–Trinajstić information content (AvgIpc) is 2.43. The Labute approximate surface area is 125 Å². The van der Waals surface area contributed by atoms with Crippen LogP contribution in [0.15, 0.2) is 36.4 Å². The second kappa shape index (κ2) is 6.08. The van der Waals surface area contributed by atoms with Crippen LogP contribution in [-0.2, 0) is 0 Å². The Morgan fingerprint density at radius 3 is 2.19 bits per heavy atom. The van der Waals surface area contributed by atoms with E-state index in [1.165, 1.54) is 35.4 Å². The Kier molecular flexibility index (Phi) is 4.41. The van der Waals surface area contributed by atoms with Crippen molar-refractivity contribution < 1.29 is 9.18 Å². The Morgan fingerprint density at radius 2 is 1.57 bits per heavy atom. The molecule has 0 aliphatic rings. The normalized spacial score (nSPS) is 12.0. The maximum Gasteiger partial charge on any atom is 0.251 e. The lowest BCUT2D eigenvalue weighted by atomic mass is 9.96. The fourth-order valence-corrected chi connectivity index (χ4v) is 2.41. The van der Waals surface area contributed by atoms with Gasteiger partial charge in [0.1, 0.15) is 5.82 Å². The van der Waals surface area contributed by atoms with Crippen LogP contribution in [0.1, 0.15) is 45.6 Å². The van der Waals surface area contributed by atoms with Crippen LogP contribution in [0.3, 0.4) is 0 Å². The number of rotatable bonds is 3. The summed E-state index contributed by atoms with van der Waals surface area (Å²) < 4.78 is 12.9. The van der Waals surface area contributed by atoms with E-state index >= 15 is 0 Å². The molecular formula is C18H20FNO. The van der Waals surface area contributed by atoms with E-state index in [9.17, 15) is 9.18 Å². The van der Waals surface area contributed by atoms with Crippen molar-refractivity contribution in [2.24, 2.45) is 0 Å². The summed E-state index contributed by atoms with van der Waals surface area (Å²) in [6.07, 6.45) is 0. The molecule has 0 radical (unpaired) electrons. The van der Waals surface area contributed by atoms with Crippen LogP contribution >= 0.6 is 0 Å². The molecule has 0 spiro atoms. The molecular weight excluding hydrogens is 265 g/mol. The molecule has 2 nitrogen and oxygen atoms in total. The zero-order valence-electron chi connectivity index (χ0n) is 12.8. The van der Waals surface area contributed by atoms with Gasteiger partial charge in [0, 0.05) is 5.56 Å². The smallest absolute Gasteiger partial charge is 0.251 e. The largest absolute Gasteiger partial charge is 0.346 e. The lowest BCUT2D eigenvalue weighted by Gasteiger charge is -2.18. The summed E-state index contributed by atoms with van der Waals surface area (Å²) in [6.45, 7) is 8.14. The predicted octanol–water partition coefficient (Wildman–Crippen LogP) is 4.24. The van der Waals surface area contributed by atoms with Gasteiger partial charge in [-0.25, -0.2) is 4.39 Å². The Morgan fingerprint density at radius 1 is 1.00 bits per heavy atom. The molecule has 1 unspecified atom stereocenters. The Hall–Kier alpha value is -2.16. The van der Waals surface area contributed by atoms with E-state index in [4.69, 9.17) is 0 Å². The van der Waals surface area contributed by atoms with Crippen LogP contribution in [0.25, 0.3) is 0 Å². The fourth-order valence-electron chi connectivity index (χ4n) is 2.41. The highest BCUT2D eigenvalue weighted by Gasteiger charge is 2.14. The maximum absolute atomic E-state index is 12.9. The van der Waals surface area contributed by atoms with Gasteiger partial charge in [-0.15, -0.1) is 0 Å². The zero-order valence-corrected chi connectivity index (χ0v) is 12.8. The van der Waals surface area contributed by atoms with Crippen LogP contribution in [-0.4, -0.2) is 5.91 Å². The SMILES string of the molecule is Cc1cc(C)c(C(C)NC(=O)c2ccc(F)cc2)cc1C. The molecule has 0 bridgehead atoms. The summed E-state index contributed by atoms with van der Waals surface area (Å²) in [7, 11) is 0. The van der Waals surface area contributed by atoms with Gasteiger partial charge in [0.2, 0.25) is 0 Å². The van der Waals surface area contributed by atoms with Crippen molar-refractivity contribution in [2.75, 3.05) is 0 Å². The third-order valence-electron chi connectivity index (χ3n) is 3.80. The molecule has 0 aliphatic heterocycles. The zero-order chi connectivity index (χ0) is 15.6. The van der Waals surface area contributed by atoms with Gasteiger partial charge in [0.15, 0.2) is 0 Å². The number of carbonyl (C=O) groups excluding carboxylic acids is 1. The van der Waals surface area contributed by atoms with Crippen molar-refractivity contribution in [3.05, 3.63) is 70.0 Å². The van der Waals surface area contributed by atoms with Crippen molar-refractivity contribution in [1.82, 2.24) is 5.32 Å². The molecule has 0 fully saturated rings. The van der Waals surface area contributed by atoms with Crippen LogP contribution in [0.4, 0.5) is 4.39 Å². The van der Waals surface area contributed by atoms with Gasteiger partial charge in [-0.1, -0.05) is 12.1 Å². The molecule has 1 N–H and O–H groups in total. The van der Waals surface area contributed by atoms with E-state index in [-0.39, 0.29) is 17.8 Å². The molecule has 0 saturated heterocycles. The quantitative estimate of drug-likeness (QED) is 0.897. The molecule has 0 heterocycles. The minimum atomic E-state index is -0.343. The second-order valence-corrected chi connectivity index (χ2v) is 5.50. The first kappa shape index (κ1) is 15.2. The lowest BCUT2D eigenvalue weighted by Crippen LogP contribution is -2.27. The second-order valence-electron chi connectivity index (χ2n) is 5.50. The third-order valence-corrected chi connectivity index (χ3v) is 3.80. The summed E-state index contributed by atoms with van der Waals surface area (Å²) in [6, 6.07) is 9.71. The van der Waals surface area contributed by atoms with E-state index in [1.807, 2.05) is 13.8 Å². The molecule has 3 heteroatoms. The monoisotopic (exact) mass is 285 g/mol. The van der Waals surface area contributed by atoms with Gasteiger partial charge >= 0.3 is 0 Å². The van der Waals surface area contributed by atoms with Crippen molar-refractivity contribution >= 4 is 5.91 Å². The number of halogens is 1. The van der Waals surface area contributed by atoms with Crippen molar-refractivity contribution in [3.63, 3.8) is 0 Å². The molecule has 0 saturated carbocycles. The lowest BCUT2D eigenvalue weighted by molar-refractivity contribution is 0.0940. The molecule has 0 aromatic heterocycles. The number of amides is 1. The van der Waals surface area contributed by atoms with Crippen LogP contribution < -0.4 is 5.32 Å². The molecule has 0 aliphatic carbocycles. The number of hydrogen-bond acceptors (Lipinski definition) is 1. The summed E-state index contributed by atoms with van der Waals surface area (Å²) in [5.41, 5.74) is 5.18. The van der Waals surface area contributed by atoms with E-state index in [2.05, 4.69) is 31.3 Å². The number of benzene rings is 2. The van der Waals surface area contributed by atoms with Crippen LogP contribution in [0.5, 0.6) is 0 Å². The highest BCUT2D eigenvalue weighted by molar-refractivity contribution is 5.94. The van der Waals surface area contributed by atoms with Crippen LogP contribution in [0.2, 0.25) is 0 Å². The number of hydrogen-bond donors (Lipinski definition) is 1. The van der Waals surface area contributed by atoms with Crippen molar-refractivity contribution in [3.8, 4) is 0 Å². The highest BCUT2D eigenvalue weighted by Crippen LogP contribution is 2.22. The van der Waals surface area contributed by atoms with Gasteiger partial charge < -0.3 is 5.32 Å². The summed E-state index contributed by atoms with van der Waals surface area (Å²) in [4.78, 5) is 12.2. The van der Waals surface area contributed by atoms with E-state index in [1.54, 1.807) is 0 Å². The standard InChI is InChI=1S/C18H20FNO/c1-11-9-13(3)17(10-12(11)2)14(4)20-18(21)15-5-7-16(19)8-6-15/h5-10,14H,1-4H3,(H,20,21). The first-order chi connectivity index (χ1) is 9.88. The minimum absolute atomic E-state index is 0.0955. The van der Waals surface area contributed by atoms with E-state index in [0.29, 0.717) is 5.56 Å². The number of carbonyl (C=O) groups is 1. The van der Waals surface area contributed by atoms with Gasteiger partial charge in [0.05, 0.1) is 6.04 Å². The summed E-state index contributed by atoms with van der Waals surface area (Å²) >= 11 is 0. The van der Waals surface area contributed by atoms with Gasteiger partial charge in [-0.3, -0.25) is 4.79 Å². The van der Waals surface area contributed by atoms with E-state index < -0.39 is 0 Å². The number of aryl methyl sites for hydroxylation is 3. The van der Waals surface area contributed by atoms with Crippen molar-refractivity contribution in [2.45, 2.75) is 33.7 Å². The Bertz CT molecular complexity index is 662. The summed E-state index contributed by atoms with van der Waals surface area (Å²) in [5.74, 6) is -0.537. The topological polar surface area (TPSA) is 29.1 Å². The molecule has 2 rings (SSSR count). The molecule has 2 aromatic rings. The molecule has 110 valence electrons. The number of nitrogens with one attached hydrogen (secondary N) is 1. The first-order valence-electron chi connectivity index (χ1n) is 7.02. The third kappa shape index (κ3) is 3.48. The van der Waals surface area contributed by atoms with Gasteiger partial charge in [0.25, 0.3) is 5.91 Å². The highest BCUT2D eigenvalue weighted by atomic mass is 19.1. The molecule has 2 aromatic carbocycles. The average molecular weight is 285 g/mol. The fraction of sp³-hybridized carbons (Fsp3) is 0.278. The maximum atomic E-state index is 12.9. The predicted molar refractivity (Wildman–Crippen MR) is 82.9 cm³/mol. The molecule has 1 atom stereocenters. The Balaban J connectivity index is 2.18. The van der Waals surface area contributed by atoms with E-state index in [0.717, 1.165) is 11.1 Å². The van der Waals surface area contributed by atoms with Gasteiger partial charge in [-0.05, 0) is 74.2 Å². The minimum Gasteiger partial charge on any atom is -0.346 e. The van der Waals surface area contributed by atoms with Crippen LogP contribution in [0, 0.1) is 26.6 Å². The molecule has 21 heavy (non-hydrogen) atoms. The molecule has 1 amide bonds.